The third-order valence-corrected chi connectivity index (χ3v) is 4.61. The van der Waals surface area contributed by atoms with E-state index in [0.29, 0.717) is 6.04 Å². The number of halogens is 1. The number of hydrogen-bond donors (Lipinski definition) is 1. The monoisotopic (exact) mass is 265 g/mol. The quantitative estimate of drug-likeness (QED) is 0.904. The van der Waals surface area contributed by atoms with E-state index in [9.17, 15) is 4.39 Å². The Morgan fingerprint density at radius 2 is 2.17 bits per heavy atom. The molecule has 1 aliphatic rings. The predicted molar refractivity (Wildman–Crippen MR) is 73.9 cm³/mol. The SMILES string of the molecule is CN(c1nc2ccc(F)cc2s1)C1CCNCC1. The maximum atomic E-state index is 13.2. The Labute approximate surface area is 110 Å². The summed E-state index contributed by atoms with van der Waals surface area (Å²) in [7, 11) is 2.09. The van der Waals surface area contributed by atoms with Gasteiger partial charge < -0.3 is 10.2 Å². The molecule has 1 N–H and O–H groups in total. The van der Waals surface area contributed by atoms with Crippen LogP contribution in [0.25, 0.3) is 10.2 Å². The summed E-state index contributed by atoms with van der Waals surface area (Å²) in [6.45, 7) is 2.13. The summed E-state index contributed by atoms with van der Waals surface area (Å²) in [5.41, 5.74) is 0.886. The van der Waals surface area contributed by atoms with Crippen LogP contribution in [0.2, 0.25) is 0 Å². The summed E-state index contributed by atoms with van der Waals surface area (Å²) in [5, 5.41) is 4.35. The summed E-state index contributed by atoms with van der Waals surface area (Å²) in [4.78, 5) is 6.83. The van der Waals surface area contributed by atoms with E-state index in [2.05, 4.69) is 22.2 Å². The van der Waals surface area contributed by atoms with Gasteiger partial charge in [0.1, 0.15) is 5.82 Å². The second kappa shape index (κ2) is 4.82. The van der Waals surface area contributed by atoms with Crippen LogP contribution in [-0.2, 0) is 0 Å². The summed E-state index contributed by atoms with van der Waals surface area (Å²) in [6, 6.07) is 5.32. The zero-order valence-electron chi connectivity index (χ0n) is 10.3. The third kappa shape index (κ3) is 2.20. The van der Waals surface area contributed by atoms with Gasteiger partial charge in [-0.2, -0.15) is 0 Å². The van der Waals surface area contributed by atoms with Crippen LogP contribution in [0, 0.1) is 5.82 Å². The molecule has 0 unspecified atom stereocenters. The molecule has 2 heterocycles. The Bertz CT molecular complexity index is 548. The molecule has 96 valence electrons. The fourth-order valence-corrected chi connectivity index (χ4v) is 3.41. The normalized spacial score (nSPS) is 17.2. The molecular formula is C13H16FN3S. The highest BCUT2D eigenvalue weighted by Crippen LogP contribution is 2.30. The van der Waals surface area contributed by atoms with Crippen molar-refractivity contribution in [3.63, 3.8) is 0 Å². The molecule has 0 atom stereocenters. The molecule has 0 aliphatic carbocycles. The van der Waals surface area contributed by atoms with E-state index in [1.165, 1.54) is 6.07 Å². The number of anilines is 1. The zero-order valence-corrected chi connectivity index (χ0v) is 11.1. The topological polar surface area (TPSA) is 28.2 Å². The molecule has 1 fully saturated rings. The summed E-state index contributed by atoms with van der Waals surface area (Å²) >= 11 is 1.57. The number of fused-ring (bicyclic) bond motifs is 1. The summed E-state index contributed by atoms with van der Waals surface area (Å²) < 4.78 is 14.1. The molecule has 1 aromatic heterocycles. The molecule has 0 spiro atoms. The molecule has 1 aliphatic heterocycles. The van der Waals surface area contributed by atoms with Crippen LogP contribution in [-0.4, -0.2) is 31.2 Å². The largest absolute Gasteiger partial charge is 0.348 e. The van der Waals surface area contributed by atoms with Crippen molar-refractivity contribution in [1.29, 1.82) is 0 Å². The van der Waals surface area contributed by atoms with Gasteiger partial charge in [-0.15, -0.1) is 0 Å². The molecular weight excluding hydrogens is 249 g/mol. The number of benzene rings is 1. The Kier molecular flexibility index (Phi) is 3.18. The van der Waals surface area contributed by atoms with E-state index in [1.54, 1.807) is 23.5 Å². The van der Waals surface area contributed by atoms with Crippen molar-refractivity contribution in [2.45, 2.75) is 18.9 Å². The fraction of sp³-hybridized carbons (Fsp3) is 0.462. The van der Waals surface area contributed by atoms with Gasteiger partial charge in [0, 0.05) is 13.1 Å². The Hall–Kier alpha value is -1.20. The number of rotatable bonds is 2. The van der Waals surface area contributed by atoms with Crippen LogP contribution in [0.15, 0.2) is 18.2 Å². The minimum atomic E-state index is -0.192. The predicted octanol–water partition coefficient (Wildman–Crippen LogP) is 2.62. The Morgan fingerprint density at radius 1 is 1.39 bits per heavy atom. The second-order valence-electron chi connectivity index (χ2n) is 4.70. The highest BCUT2D eigenvalue weighted by atomic mass is 32.1. The van der Waals surface area contributed by atoms with Gasteiger partial charge in [0.05, 0.1) is 10.2 Å². The van der Waals surface area contributed by atoms with E-state index in [1.807, 2.05) is 0 Å². The van der Waals surface area contributed by atoms with Gasteiger partial charge in [-0.1, -0.05) is 11.3 Å². The van der Waals surface area contributed by atoms with Crippen LogP contribution >= 0.6 is 11.3 Å². The molecule has 1 saturated heterocycles. The number of aromatic nitrogens is 1. The zero-order chi connectivity index (χ0) is 12.5. The molecule has 2 aromatic rings. The Balaban J connectivity index is 1.88. The molecule has 18 heavy (non-hydrogen) atoms. The second-order valence-corrected chi connectivity index (χ2v) is 5.71. The molecule has 0 bridgehead atoms. The van der Waals surface area contributed by atoms with Gasteiger partial charge in [0.25, 0.3) is 0 Å². The summed E-state index contributed by atoms with van der Waals surface area (Å²) in [6.07, 6.45) is 2.28. The fourth-order valence-electron chi connectivity index (χ4n) is 2.39. The molecule has 3 rings (SSSR count). The van der Waals surface area contributed by atoms with E-state index in [4.69, 9.17) is 0 Å². The lowest BCUT2D eigenvalue weighted by Crippen LogP contribution is -2.41. The van der Waals surface area contributed by atoms with Crippen LogP contribution < -0.4 is 10.2 Å². The lowest BCUT2D eigenvalue weighted by atomic mass is 10.1. The van der Waals surface area contributed by atoms with E-state index < -0.39 is 0 Å². The standard InChI is InChI=1S/C13H16FN3S/c1-17(10-4-6-15-7-5-10)13-16-11-3-2-9(14)8-12(11)18-13/h2-3,8,10,15H,4-7H2,1H3. The molecule has 0 saturated carbocycles. The van der Waals surface area contributed by atoms with Gasteiger partial charge in [0.15, 0.2) is 5.13 Å². The first-order valence-electron chi connectivity index (χ1n) is 6.24. The van der Waals surface area contributed by atoms with Gasteiger partial charge >= 0.3 is 0 Å². The van der Waals surface area contributed by atoms with Gasteiger partial charge in [-0.05, 0) is 44.1 Å². The van der Waals surface area contributed by atoms with Gasteiger partial charge in [0.2, 0.25) is 0 Å². The van der Waals surface area contributed by atoms with Crippen LogP contribution in [0.3, 0.4) is 0 Å². The van der Waals surface area contributed by atoms with E-state index in [0.717, 1.165) is 41.3 Å². The van der Waals surface area contributed by atoms with Gasteiger partial charge in [-0.3, -0.25) is 0 Å². The van der Waals surface area contributed by atoms with Crippen molar-refractivity contribution in [1.82, 2.24) is 10.3 Å². The number of piperidine rings is 1. The maximum absolute atomic E-state index is 13.2. The molecule has 0 radical (unpaired) electrons. The first-order valence-corrected chi connectivity index (χ1v) is 7.05. The average molecular weight is 265 g/mol. The van der Waals surface area contributed by atoms with Crippen molar-refractivity contribution in [3.05, 3.63) is 24.0 Å². The first-order chi connectivity index (χ1) is 8.74. The maximum Gasteiger partial charge on any atom is 0.186 e. The first kappa shape index (κ1) is 11.9. The summed E-state index contributed by atoms with van der Waals surface area (Å²) in [5.74, 6) is -0.192. The number of nitrogens with zero attached hydrogens (tertiary/aromatic N) is 2. The number of thiazole rings is 1. The van der Waals surface area contributed by atoms with Crippen molar-refractivity contribution in [2.24, 2.45) is 0 Å². The van der Waals surface area contributed by atoms with Crippen molar-refractivity contribution in [2.75, 3.05) is 25.0 Å². The lowest BCUT2D eigenvalue weighted by molar-refractivity contribution is 0.443. The van der Waals surface area contributed by atoms with Crippen LogP contribution in [0.5, 0.6) is 0 Å². The Morgan fingerprint density at radius 3 is 2.94 bits per heavy atom. The van der Waals surface area contributed by atoms with Crippen LogP contribution in [0.4, 0.5) is 9.52 Å². The van der Waals surface area contributed by atoms with Crippen molar-refractivity contribution < 1.29 is 4.39 Å². The number of nitrogens with one attached hydrogen (secondary N) is 1. The van der Waals surface area contributed by atoms with Gasteiger partial charge in [-0.25, -0.2) is 9.37 Å². The van der Waals surface area contributed by atoms with Crippen molar-refractivity contribution >= 4 is 26.7 Å². The van der Waals surface area contributed by atoms with E-state index >= 15 is 0 Å². The van der Waals surface area contributed by atoms with Crippen LogP contribution in [0.1, 0.15) is 12.8 Å². The molecule has 5 heteroatoms. The molecule has 0 amide bonds. The highest BCUT2D eigenvalue weighted by molar-refractivity contribution is 7.22. The van der Waals surface area contributed by atoms with E-state index in [-0.39, 0.29) is 5.82 Å². The minimum Gasteiger partial charge on any atom is -0.348 e. The molecule has 1 aromatic carbocycles. The number of hydrogen-bond acceptors (Lipinski definition) is 4. The lowest BCUT2D eigenvalue weighted by Gasteiger charge is -2.31. The average Bonchev–Trinajstić information content (AvgIpc) is 2.81. The third-order valence-electron chi connectivity index (χ3n) is 3.50. The highest BCUT2D eigenvalue weighted by Gasteiger charge is 2.20. The smallest absolute Gasteiger partial charge is 0.186 e. The minimum absolute atomic E-state index is 0.192. The molecule has 3 nitrogen and oxygen atoms in total. The van der Waals surface area contributed by atoms with Crippen molar-refractivity contribution in [3.8, 4) is 0 Å².